The molecule has 0 radical (unpaired) electrons. The van der Waals surface area contributed by atoms with E-state index in [1.165, 1.54) is 11.3 Å². The number of aliphatic hydroxyl groups is 1. The first-order valence-electron chi connectivity index (χ1n) is 8.30. The molecule has 24 heavy (non-hydrogen) atoms. The van der Waals surface area contributed by atoms with Crippen molar-refractivity contribution in [2.75, 3.05) is 44.2 Å². The number of nitrogens with zero attached hydrogens (tertiary/aromatic N) is 2. The van der Waals surface area contributed by atoms with Crippen molar-refractivity contribution in [3.63, 3.8) is 0 Å². The minimum atomic E-state index is -0.436. The molecule has 0 bridgehead atoms. The molecule has 4 nitrogen and oxygen atoms in total. The predicted octanol–water partition coefficient (Wildman–Crippen LogP) is 3.37. The minimum Gasteiger partial charge on any atom is -0.389 e. The number of piperazine rings is 1. The number of hydrogen-bond acceptors (Lipinski definition) is 4. The quantitative estimate of drug-likeness (QED) is 0.854. The lowest BCUT2D eigenvalue weighted by atomic mass is 10.1. The fraction of sp³-hybridized carbons (Fsp3) is 0.667. The highest BCUT2D eigenvalue weighted by molar-refractivity contribution is 6.30. The largest absolute Gasteiger partial charge is 0.389 e. The number of benzene rings is 1. The molecule has 0 amide bonds. The summed E-state index contributed by atoms with van der Waals surface area (Å²) < 4.78 is 5.65. The van der Waals surface area contributed by atoms with Gasteiger partial charge in [-0.25, -0.2) is 0 Å². The fourth-order valence-corrected chi connectivity index (χ4v) is 2.96. The Balaban J connectivity index is 0.00000288. The van der Waals surface area contributed by atoms with Crippen LogP contribution in [0.1, 0.15) is 26.3 Å². The summed E-state index contributed by atoms with van der Waals surface area (Å²) in [5, 5.41) is 10.9. The van der Waals surface area contributed by atoms with Crippen LogP contribution in [-0.4, -0.2) is 61.0 Å². The third-order valence-electron chi connectivity index (χ3n) is 4.06. The Bertz CT molecular complexity index is 512. The second-order valence-electron chi connectivity index (χ2n) is 7.30. The van der Waals surface area contributed by atoms with Crippen molar-refractivity contribution in [3.8, 4) is 0 Å². The molecule has 6 heteroatoms. The van der Waals surface area contributed by atoms with Crippen LogP contribution >= 0.6 is 24.0 Å². The number of aryl methyl sites for hydroxylation is 1. The average Bonchev–Trinajstić information content (AvgIpc) is 2.48. The number of halogens is 2. The van der Waals surface area contributed by atoms with E-state index in [1.54, 1.807) is 0 Å². The van der Waals surface area contributed by atoms with Gasteiger partial charge in [-0.15, -0.1) is 12.4 Å². The third-order valence-corrected chi connectivity index (χ3v) is 4.30. The highest BCUT2D eigenvalue weighted by Crippen LogP contribution is 2.25. The molecule has 2 rings (SSSR count). The van der Waals surface area contributed by atoms with E-state index in [-0.39, 0.29) is 18.0 Å². The molecular formula is C18H30Cl2N2O2. The Morgan fingerprint density at radius 3 is 2.42 bits per heavy atom. The second-order valence-corrected chi connectivity index (χ2v) is 7.73. The Morgan fingerprint density at radius 1 is 1.21 bits per heavy atom. The van der Waals surface area contributed by atoms with Gasteiger partial charge in [-0.05, 0) is 45.4 Å². The number of aliphatic hydroxyl groups excluding tert-OH is 1. The van der Waals surface area contributed by atoms with Crippen LogP contribution in [0.4, 0.5) is 5.69 Å². The summed E-state index contributed by atoms with van der Waals surface area (Å²) >= 11 is 6.12. The normalized spacial score (nSPS) is 17.5. The van der Waals surface area contributed by atoms with Crippen molar-refractivity contribution in [2.24, 2.45) is 0 Å². The van der Waals surface area contributed by atoms with Crippen LogP contribution in [0.3, 0.4) is 0 Å². The summed E-state index contributed by atoms with van der Waals surface area (Å²) in [5.74, 6) is 0. The van der Waals surface area contributed by atoms with E-state index in [0.717, 1.165) is 31.2 Å². The monoisotopic (exact) mass is 376 g/mol. The van der Waals surface area contributed by atoms with Crippen LogP contribution in [0.15, 0.2) is 18.2 Å². The lowest BCUT2D eigenvalue weighted by Crippen LogP contribution is -2.49. The van der Waals surface area contributed by atoms with Gasteiger partial charge in [0, 0.05) is 43.4 Å². The van der Waals surface area contributed by atoms with Gasteiger partial charge in [-0.3, -0.25) is 4.90 Å². The summed E-state index contributed by atoms with van der Waals surface area (Å²) in [5.41, 5.74) is 2.26. The maximum Gasteiger partial charge on any atom is 0.0900 e. The summed E-state index contributed by atoms with van der Waals surface area (Å²) in [6.07, 6.45) is -0.436. The fourth-order valence-electron chi connectivity index (χ4n) is 2.79. The molecule has 1 heterocycles. The minimum absolute atomic E-state index is 0. The van der Waals surface area contributed by atoms with Gasteiger partial charge in [0.25, 0.3) is 0 Å². The van der Waals surface area contributed by atoms with Gasteiger partial charge in [0.15, 0.2) is 0 Å². The van der Waals surface area contributed by atoms with E-state index in [1.807, 2.05) is 32.9 Å². The molecule has 1 N–H and O–H groups in total. The van der Waals surface area contributed by atoms with Gasteiger partial charge in [-0.2, -0.15) is 0 Å². The molecule has 0 aromatic heterocycles. The van der Waals surface area contributed by atoms with Gasteiger partial charge < -0.3 is 14.7 Å². The lowest BCUT2D eigenvalue weighted by molar-refractivity contribution is -0.0563. The van der Waals surface area contributed by atoms with Gasteiger partial charge in [0.05, 0.1) is 18.3 Å². The molecule has 0 saturated carbocycles. The van der Waals surface area contributed by atoms with Crippen LogP contribution in [-0.2, 0) is 4.74 Å². The van der Waals surface area contributed by atoms with Crippen molar-refractivity contribution in [2.45, 2.75) is 39.4 Å². The molecular weight excluding hydrogens is 347 g/mol. The number of anilines is 1. The Morgan fingerprint density at radius 2 is 1.83 bits per heavy atom. The highest BCUT2D eigenvalue weighted by Gasteiger charge is 2.21. The SMILES string of the molecule is Cc1ccc(Cl)cc1N1CCN(CC(O)COC(C)(C)C)CC1.Cl. The number of hydrogen-bond donors (Lipinski definition) is 1. The standard InChI is InChI=1S/C18H29ClN2O2.ClH/c1-14-5-6-15(19)11-17(14)21-9-7-20(8-10-21)12-16(22)13-23-18(2,3)4;/h5-6,11,16,22H,7-10,12-13H2,1-4H3;1H. The molecule has 1 unspecified atom stereocenters. The van der Waals surface area contributed by atoms with Crippen LogP contribution in [0.5, 0.6) is 0 Å². The first-order valence-corrected chi connectivity index (χ1v) is 8.68. The van der Waals surface area contributed by atoms with Crippen LogP contribution < -0.4 is 4.90 Å². The summed E-state index contributed by atoms with van der Waals surface area (Å²) in [4.78, 5) is 4.67. The van der Waals surface area contributed by atoms with Crippen molar-refractivity contribution in [1.29, 1.82) is 0 Å². The van der Waals surface area contributed by atoms with Crippen LogP contribution in [0, 0.1) is 6.92 Å². The molecule has 1 saturated heterocycles. The zero-order valence-electron chi connectivity index (χ0n) is 15.1. The van der Waals surface area contributed by atoms with E-state index in [4.69, 9.17) is 16.3 Å². The van der Waals surface area contributed by atoms with E-state index >= 15 is 0 Å². The third kappa shape index (κ3) is 6.77. The second kappa shape index (κ2) is 9.25. The molecule has 1 aromatic carbocycles. The molecule has 0 aliphatic carbocycles. The molecule has 1 atom stereocenters. The highest BCUT2D eigenvalue weighted by atomic mass is 35.5. The molecule has 0 spiro atoms. The lowest BCUT2D eigenvalue weighted by Gasteiger charge is -2.37. The number of β-amino-alcohol motifs (C(OH)–C–C–N with tert-alkyl or cyclic N) is 1. The van der Waals surface area contributed by atoms with Crippen LogP contribution in [0.2, 0.25) is 5.02 Å². The Labute approximate surface area is 157 Å². The molecule has 1 fully saturated rings. The number of rotatable bonds is 5. The van der Waals surface area contributed by atoms with E-state index < -0.39 is 6.10 Å². The average molecular weight is 377 g/mol. The zero-order valence-corrected chi connectivity index (χ0v) is 16.7. The van der Waals surface area contributed by atoms with Crippen molar-refractivity contribution in [3.05, 3.63) is 28.8 Å². The molecule has 1 aliphatic rings. The summed E-state index contributed by atoms with van der Waals surface area (Å²) in [6, 6.07) is 6.04. The maximum absolute atomic E-state index is 10.1. The van der Waals surface area contributed by atoms with E-state index in [2.05, 4.69) is 22.8 Å². The zero-order chi connectivity index (χ0) is 17.0. The van der Waals surface area contributed by atoms with Crippen molar-refractivity contribution < 1.29 is 9.84 Å². The van der Waals surface area contributed by atoms with Gasteiger partial charge in [0.2, 0.25) is 0 Å². The smallest absolute Gasteiger partial charge is 0.0900 e. The van der Waals surface area contributed by atoms with E-state index in [0.29, 0.717) is 13.2 Å². The summed E-state index contributed by atoms with van der Waals surface area (Å²) in [7, 11) is 0. The predicted molar refractivity (Wildman–Crippen MR) is 104 cm³/mol. The van der Waals surface area contributed by atoms with Gasteiger partial charge in [0.1, 0.15) is 0 Å². The first kappa shape index (κ1) is 21.5. The number of ether oxygens (including phenoxy) is 1. The molecule has 1 aromatic rings. The van der Waals surface area contributed by atoms with E-state index in [9.17, 15) is 5.11 Å². The maximum atomic E-state index is 10.1. The van der Waals surface area contributed by atoms with Gasteiger partial charge >= 0.3 is 0 Å². The summed E-state index contributed by atoms with van der Waals surface area (Å²) in [6.45, 7) is 13.0. The van der Waals surface area contributed by atoms with Crippen molar-refractivity contribution >= 4 is 29.7 Å². The molecule has 1 aliphatic heterocycles. The Kier molecular flexibility index (Phi) is 8.30. The Hall–Kier alpha value is -0.520. The van der Waals surface area contributed by atoms with Gasteiger partial charge in [-0.1, -0.05) is 17.7 Å². The van der Waals surface area contributed by atoms with Crippen LogP contribution in [0.25, 0.3) is 0 Å². The van der Waals surface area contributed by atoms with Crippen molar-refractivity contribution in [1.82, 2.24) is 4.90 Å². The first-order chi connectivity index (χ1) is 10.7. The molecule has 138 valence electrons. The topological polar surface area (TPSA) is 35.9 Å².